The Hall–Kier alpha value is 0.810. The van der Waals surface area contributed by atoms with Crippen LogP contribution in [0.2, 0.25) is 0 Å². The van der Waals surface area contributed by atoms with Gasteiger partial charge in [-0.25, -0.2) is 0 Å². The van der Waals surface area contributed by atoms with Gasteiger partial charge in [0.1, 0.15) is 0 Å². The molecule has 0 radical (unpaired) electrons. The van der Waals surface area contributed by atoms with Crippen LogP contribution in [-0.4, -0.2) is 13.2 Å². The quantitative estimate of drug-likeness (QED) is 0.240. The minimum absolute atomic E-state index is 0.259. The molecule has 0 bridgehead atoms. The molecule has 0 aliphatic heterocycles. The minimum Gasteiger partial charge on any atom is -0.308 e. The lowest BCUT2D eigenvalue weighted by Gasteiger charge is -2.20. The van der Waals surface area contributed by atoms with Crippen molar-refractivity contribution in [1.82, 2.24) is 0 Å². The third-order valence-corrected chi connectivity index (χ3v) is 6.76. The predicted molar refractivity (Wildman–Crippen MR) is 103 cm³/mol. The molecule has 1 rings (SSSR count). The van der Waals surface area contributed by atoms with Gasteiger partial charge >= 0.3 is 7.60 Å². The number of benzene rings is 1. The van der Waals surface area contributed by atoms with Gasteiger partial charge in [0.05, 0.1) is 19.4 Å². The predicted octanol–water partition coefficient (Wildman–Crippen LogP) is 7.30. The molecule has 22 heavy (non-hydrogen) atoms. The van der Waals surface area contributed by atoms with Crippen molar-refractivity contribution in [2.75, 3.05) is 13.2 Å². The first kappa shape index (κ1) is 20.9. The van der Waals surface area contributed by atoms with Gasteiger partial charge in [0, 0.05) is 13.4 Å². The van der Waals surface area contributed by atoms with Gasteiger partial charge in [0.2, 0.25) is 0 Å². The fraction of sp³-hybridized carbons (Fsp3) is 0.600. The molecular formula is C15H22Br3O3P. The first-order chi connectivity index (χ1) is 10.4. The van der Waals surface area contributed by atoms with Crippen molar-refractivity contribution in [2.24, 2.45) is 0 Å². The first-order valence-electron chi connectivity index (χ1n) is 7.43. The Morgan fingerprint density at radius 2 is 1.41 bits per heavy atom. The minimum atomic E-state index is -3.14. The van der Waals surface area contributed by atoms with Crippen molar-refractivity contribution in [1.29, 1.82) is 0 Å². The summed E-state index contributed by atoms with van der Waals surface area (Å²) in [6, 6.07) is 3.87. The zero-order valence-corrected chi connectivity index (χ0v) is 18.6. The summed E-state index contributed by atoms with van der Waals surface area (Å²) in [6.07, 6.45) is 4.02. The lowest BCUT2D eigenvalue weighted by molar-refractivity contribution is 0.199. The van der Waals surface area contributed by atoms with E-state index in [4.69, 9.17) is 9.05 Å². The van der Waals surface area contributed by atoms with Gasteiger partial charge in [-0.1, -0.05) is 74.5 Å². The molecule has 0 spiro atoms. The molecule has 0 aliphatic rings. The molecule has 1 aromatic carbocycles. The largest absolute Gasteiger partial charge is 0.335 e. The van der Waals surface area contributed by atoms with Crippen molar-refractivity contribution < 1.29 is 13.6 Å². The Labute approximate surface area is 158 Å². The van der Waals surface area contributed by atoms with Gasteiger partial charge in [-0.05, 0) is 30.5 Å². The number of unbranched alkanes of at least 4 members (excludes halogenated alkanes) is 2. The second-order valence-corrected chi connectivity index (χ2v) is 9.67. The number of rotatable bonds is 10. The van der Waals surface area contributed by atoms with E-state index in [1.54, 1.807) is 0 Å². The third-order valence-electron chi connectivity index (χ3n) is 3.03. The molecule has 126 valence electrons. The summed E-state index contributed by atoms with van der Waals surface area (Å²) in [5.74, 6) is 0. The standard InChI is InChI=1S/C15H22Br3O3P/c1-3-5-7-20-22(19,21-8-6-4-2)11-13-14(17)9-12(16)10-15(13)18/h9-10H,3-8,11H2,1-2H3. The van der Waals surface area contributed by atoms with Crippen molar-refractivity contribution in [3.05, 3.63) is 31.1 Å². The van der Waals surface area contributed by atoms with Gasteiger partial charge in [-0.2, -0.15) is 0 Å². The van der Waals surface area contributed by atoms with Gasteiger partial charge in [-0.3, -0.25) is 4.57 Å². The number of halogens is 3. The summed E-state index contributed by atoms with van der Waals surface area (Å²) in [4.78, 5) is 0. The SMILES string of the molecule is CCCCOP(=O)(Cc1c(Br)cc(Br)cc1Br)OCCCC. The highest BCUT2D eigenvalue weighted by atomic mass is 79.9. The van der Waals surface area contributed by atoms with Crippen molar-refractivity contribution >= 4 is 55.4 Å². The average Bonchev–Trinajstić information content (AvgIpc) is 2.44. The molecule has 0 saturated heterocycles. The van der Waals surface area contributed by atoms with Gasteiger partial charge in [0.25, 0.3) is 0 Å². The van der Waals surface area contributed by atoms with Crippen LogP contribution >= 0.6 is 55.4 Å². The van der Waals surface area contributed by atoms with Crippen LogP contribution in [-0.2, 0) is 19.8 Å². The van der Waals surface area contributed by atoms with Gasteiger partial charge < -0.3 is 9.05 Å². The fourth-order valence-corrected chi connectivity index (χ4v) is 6.51. The van der Waals surface area contributed by atoms with Gasteiger partial charge in [-0.15, -0.1) is 0 Å². The van der Waals surface area contributed by atoms with Crippen LogP contribution in [0.1, 0.15) is 45.1 Å². The molecule has 0 aliphatic carbocycles. The summed E-state index contributed by atoms with van der Waals surface area (Å²) in [5.41, 5.74) is 0.902. The zero-order valence-electron chi connectivity index (χ0n) is 12.9. The average molecular weight is 521 g/mol. The van der Waals surface area contributed by atoms with Crippen LogP contribution in [0.25, 0.3) is 0 Å². The molecule has 1 aromatic rings. The molecule has 7 heteroatoms. The Morgan fingerprint density at radius 3 is 1.82 bits per heavy atom. The summed E-state index contributed by atoms with van der Waals surface area (Å²) < 4.78 is 27.0. The van der Waals surface area contributed by atoms with Crippen LogP contribution in [0.15, 0.2) is 25.6 Å². The van der Waals surface area contributed by atoms with E-state index in [-0.39, 0.29) is 6.16 Å². The van der Waals surface area contributed by atoms with E-state index in [1.165, 1.54) is 0 Å². The van der Waals surface area contributed by atoms with E-state index in [1.807, 2.05) is 12.1 Å². The normalized spacial score (nSPS) is 11.9. The molecule has 0 unspecified atom stereocenters. The summed E-state index contributed by atoms with van der Waals surface area (Å²) >= 11 is 10.5. The second kappa shape index (κ2) is 10.6. The Morgan fingerprint density at radius 1 is 0.955 bits per heavy atom. The van der Waals surface area contributed by atoms with Crippen molar-refractivity contribution in [3.8, 4) is 0 Å². The third kappa shape index (κ3) is 7.14. The van der Waals surface area contributed by atoms with Crippen LogP contribution in [0.3, 0.4) is 0 Å². The molecule has 3 nitrogen and oxygen atoms in total. The van der Waals surface area contributed by atoms with E-state index >= 15 is 0 Å². The molecule has 0 N–H and O–H groups in total. The maximum absolute atomic E-state index is 13.0. The van der Waals surface area contributed by atoms with Crippen LogP contribution in [0.5, 0.6) is 0 Å². The Bertz CT molecular complexity index is 486. The van der Waals surface area contributed by atoms with E-state index < -0.39 is 7.60 Å². The van der Waals surface area contributed by atoms with E-state index in [0.717, 1.165) is 44.7 Å². The van der Waals surface area contributed by atoms with Crippen molar-refractivity contribution in [2.45, 2.75) is 45.7 Å². The highest BCUT2D eigenvalue weighted by Crippen LogP contribution is 2.53. The summed E-state index contributed by atoms with van der Waals surface area (Å²) in [6.45, 7) is 5.08. The lowest BCUT2D eigenvalue weighted by atomic mass is 10.2. The fourth-order valence-electron chi connectivity index (χ4n) is 1.74. The van der Waals surface area contributed by atoms with E-state index in [9.17, 15) is 4.57 Å². The smallest absolute Gasteiger partial charge is 0.308 e. The molecule has 0 saturated carbocycles. The maximum atomic E-state index is 13.0. The van der Waals surface area contributed by atoms with E-state index in [0.29, 0.717) is 13.2 Å². The number of hydrogen-bond donors (Lipinski definition) is 0. The number of hydrogen-bond acceptors (Lipinski definition) is 3. The monoisotopic (exact) mass is 518 g/mol. The van der Waals surface area contributed by atoms with Gasteiger partial charge in [0.15, 0.2) is 0 Å². The van der Waals surface area contributed by atoms with E-state index in [2.05, 4.69) is 61.6 Å². The first-order valence-corrected chi connectivity index (χ1v) is 11.5. The summed E-state index contributed by atoms with van der Waals surface area (Å²) in [5, 5.41) is 0. The summed E-state index contributed by atoms with van der Waals surface area (Å²) in [7, 11) is -3.14. The molecule has 0 atom stereocenters. The van der Waals surface area contributed by atoms with Crippen LogP contribution in [0.4, 0.5) is 0 Å². The van der Waals surface area contributed by atoms with Crippen LogP contribution < -0.4 is 0 Å². The van der Waals surface area contributed by atoms with Crippen LogP contribution in [0, 0.1) is 0 Å². The Kier molecular flexibility index (Phi) is 10.1. The lowest BCUT2D eigenvalue weighted by Crippen LogP contribution is -2.03. The zero-order chi connectivity index (χ0) is 16.6. The Balaban J connectivity index is 2.89. The molecule has 0 amide bonds. The molecule has 0 heterocycles. The maximum Gasteiger partial charge on any atom is 0.335 e. The molecule has 0 fully saturated rings. The van der Waals surface area contributed by atoms with Crippen molar-refractivity contribution in [3.63, 3.8) is 0 Å². The topological polar surface area (TPSA) is 35.5 Å². The molecule has 0 aromatic heterocycles. The molecular weight excluding hydrogens is 499 g/mol. The highest BCUT2D eigenvalue weighted by Gasteiger charge is 2.27. The highest BCUT2D eigenvalue weighted by molar-refractivity contribution is 9.11. The second-order valence-electron chi connectivity index (χ2n) is 4.99.